The molecule has 1 heterocycles. The third-order valence-electron chi connectivity index (χ3n) is 1.99. The molecule has 0 saturated heterocycles. The van der Waals surface area contributed by atoms with Crippen LogP contribution in [-0.4, -0.2) is 22.8 Å². The number of hydrogen-bond acceptors (Lipinski definition) is 5. The van der Waals surface area contributed by atoms with Crippen LogP contribution in [0.3, 0.4) is 0 Å². The predicted molar refractivity (Wildman–Crippen MR) is 59.9 cm³/mol. The number of amides is 1. The topological polar surface area (TPSA) is 77.2 Å². The molecule has 6 nitrogen and oxygen atoms in total. The van der Waals surface area contributed by atoms with Gasteiger partial charge in [-0.05, 0) is 29.4 Å². The molecule has 0 bridgehead atoms. The molecule has 0 spiro atoms. The second-order valence-corrected chi connectivity index (χ2v) is 3.17. The first-order chi connectivity index (χ1) is 8.31. The van der Waals surface area contributed by atoms with E-state index in [0.717, 1.165) is 0 Å². The molecule has 17 heavy (non-hydrogen) atoms. The molecule has 0 unspecified atom stereocenters. The maximum absolute atomic E-state index is 11.8. The van der Waals surface area contributed by atoms with Crippen LogP contribution < -0.4 is 10.1 Å². The fourth-order valence-corrected chi connectivity index (χ4v) is 1.26. The lowest BCUT2D eigenvalue weighted by atomic mass is 10.3. The fraction of sp³-hybridized carbons (Fsp3) is 0.182. The summed E-state index contributed by atoms with van der Waals surface area (Å²) in [5, 5.41) is 9.67. The molecule has 1 N–H and O–H groups in total. The molecule has 0 aliphatic rings. The average molecular weight is 233 g/mol. The van der Waals surface area contributed by atoms with Crippen LogP contribution >= 0.6 is 0 Å². The SMILES string of the molecule is CCOc1nonc1C(=O)Nc1ccccc1. The monoisotopic (exact) mass is 233 g/mol. The van der Waals surface area contributed by atoms with E-state index in [4.69, 9.17) is 4.74 Å². The second-order valence-electron chi connectivity index (χ2n) is 3.17. The van der Waals surface area contributed by atoms with Crippen molar-refractivity contribution < 1.29 is 14.2 Å². The molecule has 0 saturated carbocycles. The molecule has 0 radical (unpaired) electrons. The Balaban J connectivity index is 2.12. The molecular weight excluding hydrogens is 222 g/mol. The molecule has 0 fully saturated rings. The Morgan fingerprint density at radius 2 is 2.12 bits per heavy atom. The summed E-state index contributed by atoms with van der Waals surface area (Å²) in [4.78, 5) is 11.8. The van der Waals surface area contributed by atoms with Gasteiger partial charge in [-0.15, -0.1) is 0 Å². The molecule has 0 atom stereocenters. The smallest absolute Gasteiger partial charge is 0.289 e. The van der Waals surface area contributed by atoms with Crippen molar-refractivity contribution in [2.75, 3.05) is 11.9 Å². The van der Waals surface area contributed by atoms with Crippen molar-refractivity contribution in [1.29, 1.82) is 0 Å². The summed E-state index contributed by atoms with van der Waals surface area (Å²) in [6, 6.07) is 9.04. The van der Waals surface area contributed by atoms with Crippen LogP contribution in [0.1, 0.15) is 17.4 Å². The lowest BCUT2D eigenvalue weighted by Crippen LogP contribution is -2.13. The van der Waals surface area contributed by atoms with Gasteiger partial charge in [0, 0.05) is 5.69 Å². The minimum atomic E-state index is -0.416. The summed E-state index contributed by atoms with van der Waals surface area (Å²) in [6.45, 7) is 2.17. The lowest BCUT2D eigenvalue weighted by Gasteiger charge is -2.02. The first kappa shape index (κ1) is 11.1. The number of carbonyl (C=O) groups is 1. The number of ether oxygens (including phenoxy) is 1. The number of nitrogens with zero attached hydrogens (tertiary/aromatic N) is 2. The van der Waals surface area contributed by atoms with Crippen LogP contribution in [0.25, 0.3) is 0 Å². The number of hydrogen-bond donors (Lipinski definition) is 1. The van der Waals surface area contributed by atoms with Gasteiger partial charge in [0.1, 0.15) is 0 Å². The minimum Gasteiger partial charge on any atom is -0.474 e. The van der Waals surface area contributed by atoms with Gasteiger partial charge in [0.15, 0.2) is 0 Å². The Labute approximate surface area is 97.5 Å². The van der Waals surface area contributed by atoms with Crippen LogP contribution in [0.5, 0.6) is 5.88 Å². The molecule has 1 aromatic heterocycles. The maximum Gasteiger partial charge on any atom is 0.289 e. The zero-order chi connectivity index (χ0) is 12.1. The van der Waals surface area contributed by atoms with Gasteiger partial charge in [-0.3, -0.25) is 4.79 Å². The van der Waals surface area contributed by atoms with E-state index in [1.807, 2.05) is 18.2 Å². The van der Waals surface area contributed by atoms with Crippen molar-refractivity contribution in [1.82, 2.24) is 10.3 Å². The highest BCUT2D eigenvalue weighted by atomic mass is 16.6. The van der Waals surface area contributed by atoms with Crippen LogP contribution in [0.4, 0.5) is 5.69 Å². The average Bonchev–Trinajstić information content (AvgIpc) is 2.79. The van der Waals surface area contributed by atoms with Crippen molar-refractivity contribution in [2.24, 2.45) is 0 Å². The third kappa shape index (κ3) is 2.60. The van der Waals surface area contributed by atoms with E-state index >= 15 is 0 Å². The van der Waals surface area contributed by atoms with E-state index in [-0.39, 0.29) is 11.6 Å². The normalized spacial score (nSPS) is 9.94. The standard InChI is InChI=1S/C11H11N3O3/c1-2-16-11-9(13-17-14-11)10(15)12-8-6-4-3-5-7-8/h3-7H,2H2,1H3,(H,12,15). The summed E-state index contributed by atoms with van der Waals surface area (Å²) in [7, 11) is 0. The van der Waals surface area contributed by atoms with Crippen LogP contribution in [0.2, 0.25) is 0 Å². The Morgan fingerprint density at radius 1 is 1.35 bits per heavy atom. The van der Waals surface area contributed by atoms with Crippen LogP contribution in [-0.2, 0) is 0 Å². The summed E-state index contributed by atoms with van der Waals surface area (Å²) in [6.07, 6.45) is 0. The molecule has 1 aromatic carbocycles. The van der Waals surface area contributed by atoms with E-state index in [1.54, 1.807) is 19.1 Å². The quantitative estimate of drug-likeness (QED) is 0.869. The summed E-state index contributed by atoms with van der Waals surface area (Å²) >= 11 is 0. The minimum absolute atomic E-state index is 0.0377. The molecule has 0 aliphatic heterocycles. The van der Waals surface area contributed by atoms with Gasteiger partial charge in [-0.2, -0.15) is 0 Å². The Kier molecular flexibility index (Phi) is 3.34. The second kappa shape index (κ2) is 5.11. The highest BCUT2D eigenvalue weighted by Gasteiger charge is 2.19. The summed E-state index contributed by atoms with van der Waals surface area (Å²) < 4.78 is 9.58. The Hall–Kier alpha value is -2.37. The third-order valence-corrected chi connectivity index (χ3v) is 1.99. The molecular formula is C11H11N3O3. The Morgan fingerprint density at radius 3 is 2.82 bits per heavy atom. The van der Waals surface area contributed by atoms with Gasteiger partial charge in [-0.25, -0.2) is 4.63 Å². The molecule has 0 aliphatic carbocycles. The highest BCUT2D eigenvalue weighted by molar-refractivity contribution is 6.04. The fourth-order valence-electron chi connectivity index (χ4n) is 1.26. The zero-order valence-corrected chi connectivity index (χ0v) is 9.21. The number of anilines is 1. The largest absolute Gasteiger partial charge is 0.474 e. The van der Waals surface area contributed by atoms with Crippen molar-refractivity contribution >= 4 is 11.6 Å². The number of aromatic nitrogens is 2. The number of rotatable bonds is 4. The number of carbonyl (C=O) groups excluding carboxylic acids is 1. The van der Waals surface area contributed by atoms with Gasteiger partial charge in [0.2, 0.25) is 5.69 Å². The van der Waals surface area contributed by atoms with E-state index in [1.165, 1.54) is 0 Å². The van der Waals surface area contributed by atoms with Crippen molar-refractivity contribution in [3.8, 4) is 5.88 Å². The number of para-hydroxylation sites is 1. The van der Waals surface area contributed by atoms with Crippen LogP contribution in [0, 0.1) is 0 Å². The first-order valence-corrected chi connectivity index (χ1v) is 5.13. The highest BCUT2D eigenvalue weighted by Crippen LogP contribution is 2.15. The predicted octanol–water partition coefficient (Wildman–Crippen LogP) is 1.72. The first-order valence-electron chi connectivity index (χ1n) is 5.13. The summed E-state index contributed by atoms with van der Waals surface area (Å²) in [5.41, 5.74) is 0.707. The van der Waals surface area contributed by atoms with Crippen molar-refractivity contribution in [3.63, 3.8) is 0 Å². The maximum atomic E-state index is 11.8. The van der Waals surface area contributed by atoms with Crippen molar-refractivity contribution in [2.45, 2.75) is 6.92 Å². The molecule has 88 valence electrons. The lowest BCUT2D eigenvalue weighted by molar-refractivity contribution is 0.101. The molecule has 2 aromatic rings. The molecule has 1 amide bonds. The van der Waals surface area contributed by atoms with E-state index in [9.17, 15) is 4.79 Å². The Bertz CT molecular complexity index is 496. The van der Waals surface area contributed by atoms with Gasteiger partial charge < -0.3 is 10.1 Å². The number of benzene rings is 1. The van der Waals surface area contributed by atoms with E-state index in [2.05, 4.69) is 20.3 Å². The molecule has 2 rings (SSSR count). The van der Waals surface area contributed by atoms with Gasteiger partial charge >= 0.3 is 0 Å². The number of nitrogens with one attached hydrogen (secondary N) is 1. The van der Waals surface area contributed by atoms with Crippen LogP contribution in [0.15, 0.2) is 35.0 Å². The van der Waals surface area contributed by atoms with Crippen molar-refractivity contribution in [3.05, 3.63) is 36.0 Å². The zero-order valence-electron chi connectivity index (χ0n) is 9.21. The van der Waals surface area contributed by atoms with E-state index < -0.39 is 5.91 Å². The van der Waals surface area contributed by atoms with Gasteiger partial charge in [-0.1, -0.05) is 18.2 Å². The molecule has 6 heteroatoms. The van der Waals surface area contributed by atoms with Gasteiger partial charge in [0.25, 0.3) is 11.8 Å². The van der Waals surface area contributed by atoms with Gasteiger partial charge in [0.05, 0.1) is 6.61 Å². The van der Waals surface area contributed by atoms with E-state index in [0.29, 0.717) is 12.3 Å². The summed E-state index contributed by atoms with van der Waals surface area (Å²) in [5.74, 6) is -0.318.